The molecular weight excluding hydrogens is 260 g/mol. The van der Waals surface area contributed by atoms with Crippen LogP contribution in [0.1, 0.15) is 11.4 Å². The second-order valence-corrected chi connectivity index (χ2v) is 4.71. The van der Waals surface area contributed by atoms with Crippen LogP contribution in [0.15, 0.2) is 0 Å². The van der Waals surface area contributed by atoms with Crippen molar-refractivity contribution in [3.05, 3.63) is 11.4 Å². The number of methoxy groups -OCH3 is 1. The van der Waals surface area contributed by atoms with E-state index in [0.29, 0.717) is 19.7 Å². The normalized spacial score (nSPS) is 11.1. The number of aliphatic hydroxyl groups excluding tert-OH is 1. The Morgan fingerprint density at radius 3 is 2.65 bits per heavy atom. The fourth-order valence-electron chi connectivity index (χ4n) is 1.97. The summed E-state index contributed by atoms with van der Waals surface area (Å²) in [4.78, 5) is 13.9. The maximum absolute atomic E-state index is 12.1. The van der Waals surface area contributed by atoms with Gasteiger partial charge in [0.25, 0.3) is 0 Å². The molecule has 0 unspecified atom stereocenters. The number of aliphatic hydroxyl groups is 1. The zero-order valence-electron chi connectivity index (χ0n) is 12.6. The van der Waals surface area contributed by atoms with Gasteiger partial charge in [0, 0.05) is 27.2 Å². The molecule has 1 heterocycles. The number of carbonyl (C=O) groups excluding carboxylic acids is 1. The summed E-state index contributed by atoms with van der Waals surface area (Å²) in [6.45, 7) is 5.58. The van der Waals surface area contributed by atoms with Gasteiger partial charge in [-0.1, -0.05) is 0 Å². The summed E-state index contributed by atoms with van der Waals surface area (Å²) in [5, 5.41) is 16.1. The zero-order chi connectivity index (χ0) is 15.1. The lowest BCUT2D eigenvalue weighted by atomic mass is 10.3. The van der Waals surface area contributed by atoms with Crippen molar-refractivity contribution < 1.29 is 14.6 Å². The molecule has 7 nitrogen and oxygen atoms in total. The molecule has 0 aliphatic rings. The number of aryl methyl sites for hydroxylation is 2. The Morgan fingerprint density at radius 2 is 2.15 bits per heavy atom. The van der Waals surface area contributed by atoms with Crippen LogP contribution in [0.2, 0.25) is 0 Å². The smallest absolute Gasteiger partial charge is 0.238 e. The first-order chi connectivity index (χ1) is 9.49. The molecule has 1 aromatic heterocycles. The van der Waals surface area contributed by atoms with E-state index in [2.05, 4.69) is 10.4 Å². The monoisotopic (exact) mass is 284 g/mol. The van der Waals surface area contributed by atoms with Crippen molar-refractivity contribution in [1.82, 2.24) is 14.7 Å². The fraction of sp³-hybridized carbons (Fsp3) is 0.692. The standard InChI is InChI=1S/C13H24N4O3/c1-10-13(11(2)16(3)15-10)14-12(19)9-17(5-7-18)6-8-20-4/h18H,5-9H2,1-4H3,(H,14,19). The number of hydrogen-bond donors (Lipinski definition) is 2. The number of rotatable bonds is 8. The molecule has 20 heavy (non-hydrogen) atoms. The van der Waals surface area contributed by atoms with E-state index in [1.54, 1.807) is 11.8 Å². The van der Waals surface area contributed by atoms with E-state index in [1.165, 1.54) is 0 Å². The van der Waals surface area contributed by atoms with E-state index in [4.69, 9.17) is 9.84 Å². The minimum absolute atomic E-state index is 0.0158. The highest BCUT2D eigenvalue weighted by Crippen LogP contribution is 2.18. The van der Waals surface area contributed by atoms with Crippen molar-refractivity contribution in [2.45, 2.75) is 13.8 Å². The fourth-order valence-corrected chi connectivity index (χ4v) is 1.97. The SMILES string of the molecule is COCCN(CCO)CC(=O)Nc1c(C)nn(C)c1C. The highest BCUT2D eigenvalue weighted by atomic mass is 16.5. The topological polar surface area (TPSA) is 79.6 Å². The minimum Gasteiger partial charge on any atom is -0.395 e. The third-order valence-corrected chi connectivity index (χ3v) is 3.17. The highest BCUT2D eigenvalue weighted by molar-refractivity contribution is 5.93. The van der Waals surface area contributed by atoms with E-state index in [9.17, 15) is 4.79 Å². The van der Waals surface area contributed by atoms with Crippen molar-refractivity contribution in [2.75, 3.05) is 45.3 Å². The Bertz CT molecular complexity index is 445. The Morgan fingerprint density at radius 1 is 1.45 bits per heavy atom. The summed E-state index contributed by atoms with van der Waals surface area (Å²) in [6.07, 6.45) is 0. The van der Waals surface area contributed by atoms with Crippen molar-refractivity contribution in [1.29, 1.82) is 0 Å². The van der Waals surface area contributed by atoms with E-state index in [-0.39, 0.29) is 19.1 Å². The summed E-state index contributed by atoms with van der Waals surface area (Å²) < 4.78 is 6.73. The maximum Gasteiger partial charge on any atom is 0.238 e. The molecule has 0 saturated heterocycles. The number of aromatic nitrogens is 2. The summed E-state index contributed by atoms with van der Waals surface area (Å²) >= 11 is 0. The van der Waals surface area contributed by atoms with Gasteiger partial charge in [-0.15, -0.1) is 0 Å². The summed E-state index contributed by atoms with van der Waals surface area (Å²) in [7, 11) is 3.45. The van der Waals surface area contributed by atoms with Crippen LogP contribution in [0.5, 0.6) is 0 Å². The molecule has 1 rings (SSSR count). The number of amides is 1. The lowest BCUT2D eigenvalue weighted by Gasteiger charge is -2.20. The molecule has 0 aromatic carbocycles. The Labute approximate surface area is 119 Å². The quantitative estimate of drug-likeness (QED) is 0.698. The molecule has 0 saturated carbocycles. The van der Waals surface area contributed by atoms with Gasteiger partial charge in [-0.05, 0) is 13.8 Å². The van der Waals surface area contributed by atoms with E-state index < -0.39 is 0 Å². The molecule has 0 aliphatic carbocycles. The van der Waals surface area contributed by atoms with Gasteiger partial charge in [0.2, 0.25) is 5.91 Å². The Balaban J connectivity index is 2.60. The number of carbonyl (C=O) groups is 1. The Kier molecular flexibility index (Phi) is 6.63. The van der Waals surface area contributed by atoms with Crippen LogP contribution in [0.4, 0.5) is 5.69 Å². The number of hydrogen-bond acceptors (Lipinski definition) is 5. The average molecular weight is 284 g/mol. The molecule has 0 atom stereocenters. The molecule has 0 spiro atoms. The molecule has 0 aliphatic heterocycles. The molecular formula is C13H24N4O3. The second-order valence-electron chi connectivity index (χ2n) is 4.71. The van der Waals surface area contributed by atoms with Crippen LogP contribution in [0.25, 0.3) is 0 Å². The number of ether oxygens (including phenoxy) is 1. The molecule has 0 radical (unpaired) electrons. The Hall–Kier alpha value is -1.44. The van der Waals surface area contributed by atoms with Crippen molar-refractivity contribution in [3.63, 3.8) is 0 Å². The summed E-state index contributed by atoms with van der Waals surface area (Å²) in [5.41, 5.74) is 2.47. The number of anilines is 1. The van der Waals surface area contributed by atoms with Gasteiger partial charge in [-0.2, -0.15) is 5.10 Å². The van der Waals surface area contributed by atoms with Crippen molar-refractivity contribution in [3.8, 4) is 0 Å². The molecule has 0 fully saturated rings. The first-order valence-corrected chi connectivity index (χ1v) is 6.61. The predicted molar refractivity (Wildman–Crippen MR) is 76.7 cm³/mol. The summed E-state index contributed by atoms with van der Waals surface area (Å²) in [5.74, 6) is -0.117. The van der Waals surface area contributed by atoms with E-state index >= 15 is 0 Å². The average Bonchev–Trinajstić information content (AvgIpc) is 2.63. The second kappa shape index (κ2) is 7.98. The summed E-state index contributed by atoms with van der Waals surface area (Å²) in [6, 6.07) is 0. The largest absolute Gasteiger partial charge is 0.395 e. The maximum atomic E-state index is 12.1. The van der Waals surface area contributed by atoms with Crippen LogP contribution in [0, 0.1) is 13.8 Å². The minimum atomic E-state index is -0.117. The predicted octanol–water partition coefficient (Wildman–Crippen LogP) is -0.0839. The third kappa shape index (κ3) is 4.59. The van der Waals surface area contributed by atoms with Gasteiger partial charge < -0.3 is 15.2 Å². The van der Waals surface area contributed by atoms with Gasteiger partial charge in [-0.3, -0.25) is 14.4 Å². The van der Waals surface area contributed by atoms with Gasteiger partial charge in [0.05, 0.1) is 36.8 Å². The van der Waals surface area contributed by atoms with Crippen molar-refractivity contribution >= 4 is 11.6 Å². The van der Waals surface area contributed by atoms with Crippen LogP contribution in [-0.4, -0.2) is 65.7 Å². The van der Waals surface area contributed by atoms with Crippen LogP contribution in [0.3, 0.4) is 0 Å². The molecule has 1 aromatic rings. The van der Waals surface area contributed by atoms with Crippen LogP contribution >= 0.6 is 0 Å². The van der Waals surface area contributed by atoms with Crippen LogP contribution < -0.4 is 5.32 Å². The molecule has 1 amide bonds. The van der Waals surface area contributed by atoms with Gasteiger partial charge in [0.15, 0.2) is 0 Å². The molecule has 7 heteroatoms. The van der Waals surface area contributed by atoms with Crippen molar-refractivity contribution in [2.24, 2.45) is 7.05 Å². The van der Waals surface area contributed by atoms with Gasteiger partial charge >= 0.3 is 0 Å². The molecule has 0 bridgehead atoms. The lowest BCUT2D eigenvalue weighted by molar-refractivity contribution is -0.117. The first kappa shape index (κ1) is 16.6. The molecule has 114 valence electrons. The third-order valence-electron chi connectivity index (χ3n) is 3.17. The zero-order valence-corrected chi connectivity index (χ0v) is 12.6. The highest BCUT2D eigenvalue weighted by Gasteiger charge is 2.15. The van der Waals surface area contributed by atoms with Gasteiger partial charge in [-0.25, -0.2) is 0 Å². The van der Waals surface area contributed by atoms with E-state index in [1.807, 2.05) is 25.8 Å². The number of nitrogens with zero attached hydrogens (tertiary/aromatic N) is 3. The van der Waals surface area contributed by atoms with Gasteiger partial charge in [0.1, 0.15) is 0 Å². The lowest BCUT2D eigenvalue weighted by Crippen LogP contribution is -2.37. The van der Waals surface area contributed by atoms with E-state index in [0.717, 1.165) is 17.1 Å². The van der Waals surface area contributed by atoms with Crippen LogP contribution in [-0.2, 0) is 16.6 Å². The first-order valence-electron chi connectivity index (χ1n) is 6.61. The number of nitrogens with one attached hydrogen (secondary N) is 1. The molecule has 2 N–H and O–H groups in total.